The molecule has 2 aliphatic heterocycles. The largest absolute Gasteiger partial charge is 0.494 e. The number of carbonyl (C=O) groups excluding carboxylic acids is 1. The zero-order valence-corrected chi connectivity index (χ0v) is 23.1. The average Bonchev–Trinajstić information content (AvgIpc) is 3.53. The highest BCUT2D eigenvalue weighted by Gasteiger charge is 2.33. The van der Waals surface area contributed by atoms with E-state index in [0.717, 1.165) is 30.0 Å². The van der Waals surface area contributed by atoms with Crippen molar-refractivity contribution in [1.29, 1.82) is 0 Å². The molecule has 0 spiro atoms. The summed E-state index contributed by atoms with van der Waals surface area (Å²) in [5.41, 5.74) is 3.69. The Labute approximate surface area is 226 Å². The van der Waals surface area contributed by atoms with Gasteiger partial charge in [-0.2, -0.15) is 0 Å². The number of benzene rings is 2. The molecule has 1 atom stereocenters. The number of hydrogen-bond donors (Lipinski definition) is 0. The van der Waals surface area contributed by atoms with Crippen molar-refractivity contribution >= 4 is 29.1 Å². The molecule has 0 bridgehead atoms. The Morgan fingerprint density at radius 3 is 2.42 bits per heavy atom. The van der Waals surface area contributed by atoms with Crippen molar-refractivity contribution < 1.29 is 14.3 Å². The molecule has 2 aliphatic rings. The van der Waals surface area contributed by atoms with Gasteiger partial charge in [0, 0.05) is 18.8 Å². The van der Waals surface area contributed by atoms with E-state index in [1.807, 2.05) is 63.2 Å². The van der Waals surface area contributed by atoms with Crippen LogP contribution in [0.3, 0.4) is 0 Å². The van der Waals surface area contributed by atoms with Crippen molar-refractivity contribution in [3.8, 4) is 5.75 Å². The standard InChI is InChI=1S/C30H33N3O4S/c1-5-36-24-14-10-22(11-15-24)27-26(29(35)37-19(2)3)20(4)31-30-33(27)28(34)25(38-30)18-21-8-12-23(13-9-21)32-16-6-7-17-32/h8-15,18-19,27H,5-7,16-17H2,1-4H3/b25-18-/t27-/m1/s1. The molecule has 0 radical (unpaired) electrons. The van der Waals surface area contributed by atoms with Gasteiger partial charge in [-0.15, -0.1) is 0 Å². The van der Waals surface area contributed by atoms with Gasteiger partial charge in [0.2, 0.25) is 0 Å². The molecular weight excluding hydrogens is 498 g/mol. The SMILES string of the molecule is CCOc1ccc([C@@H]2C(C(=O)OC(C)C)=C(C)N=c3s/c(=C\c4ccc(N5CCCC5)cc4)c(=O)n32)cc1. The van der Waals surface area contributed by atoms with Gasteiger partial charge in [0.05, 0.1) is 34.6 Å². The maximum absolute atomic E-state index is 13.8. The molecule has 5 rings (SSSR count). The van der Waals surface area contributed by atoms with Crippen LogP contribution in [0.2, 0.25) is 0 Å². The summed E-state index contributed by atoms with van der Waals surface area (Å²) in [7, 11) is 0. The Morgan fingerprint density at radius 2 is 1.79 bits per heavy atom. The van der Waals surface area contributed by atoms with Crippen LogP contribution < -0.4 is 24.5 Å². The lowest BCUT2D eigenvalue weighted by atomic mass is 9.96. The van der Waals surface area contributed by atoms with Gasteiger partial charge in [0.25, 0.3) is 5.56 Å². The Kier molecular flexibility index (Phi) is 7.51. The molecule has 2 aromatic carbocycles. The highest BCUT2D eigenvalue weighted by molar-refractivity contribution is 7.07. The zero-order chi connectivity index (χ0) is 26.8. The second-order valence-electron chi connectivity index (χ2n) is 9.82. The summed E-state index contributed by atoms with van der Waals surface area (Å²) < 4.78 is 13.4. The van der Waals surface area contributed by atoms with Gasteiger partial charge in [0.15, 0.2) is 4.80 Å². The van der Waals surface area contributed by atoms with Gasteiger partial charge in [0.1, 0.15) is 5.75 Å². The van der Waals surface area contributed by atoms with Crippen molar-refractivity contribution in [2.45, 2.75) is 52.7 Å². The Hall–Kier alpha value is -3.65. The number of anilines is 1. The Bertz CT molecular complexity index is 1530. The minimum Gasteiger partial charge on any atom is -0.494 e. The van der Waals surface area contributed by atoms with E-state index in [0.29, 0.717) is 27.2 Å². The third-order valence-corrected chi connectivity index (χ3v) is 7.74. The normalized spacial score (nSPS) is 17.6. The summed E-state index contributed by atoms with van der Waals surface area (Å²) in [4.78, 5) is 34.7. The van der Waals surface area contributed by atoms with Crippen LogP contribution >= 0.6 is 11.3 Å². The van der Waals surface area contributed by atoms with Gasteiger partial charge >= 0.3 is 5.97 Å². The van der Waals surface area contributed by atoms with Gasteiger partial charge in [-0.1, -0.05) is 35.6 Å². The summed E-state index contributed by atoms with van der Waals surface area (Å²) in [6.07, 6.45) is 4.06. The number of esters is 1. The third kappa shape index (κ3) is 5.18. The smallest absolute Gasteiger partial charge is 0.338 e. The van der Waals surface area contributed by atoms with E-state index in [-0.39, 0.29) is 11.7 Å². The van der Waals surface area contributed by atoms with E-state index in [9.17, 15) is 9.59 Å². The van der Waals surface area contributed by atoms with Crippen LogP contribution in [0.1, 0.15) is 57.7 Å². The lowest BCUT2D eigenvalue weighted by molar-refractivity contribution is -0.143. The first-order valence-electron chi connectivity index (χ1n) is 13.2. The molecule has 3 aromatic rings. The molecule has 0 aliphatic carbocycles. The average molecular weight is 532 g/mol. The molecule has 7 nitrogen and oxygen atoms in total. The lowest BCUT2D eigenvalue weighted by Crippen LogP contribution is -2.40. The minimum absolute atomic E-state index is 0.182. The quantitative estimate of drug-likeness (QED) is 0.428. The highest BCUT2D eigenvalue weighted by Crippen LogP contribution is 2.32. The lowest BCUT2D eigenvalue weighted by Gasteiger charge is -2.25. The molecule has 3 heterocycles. The van der Waals surface area contributed by atoms with Crippen molar-refractivity contribution in [3.63, 3.8) is 0 Å². The van der Waals surface area contributed by atoms with Gasteiger partial charge in [-0.05, 0) is 82.0 Å². The zero-order valence-electron chi connectivity index (χ0n) is 22.3. The third-order valence-electron chi connectivity index (χ3n) is 6.75. The first-order chi connectivity index (χ1) is 18.4. The van der Waals surface area contributed by atoms with Crippen molar-refractivity contribution in [2.75, 3.05) is 24.6 Å². The Morgan fingerprint density at radius 1 is 1.11 bits per heavy atom. The molecule has 0 saturated carbocycles. The van der Waals surface area contributed by atoms with Crippen LogP contribution in [0.15, 0.2) is 69.6 Å². The second-order valence-corrected chi connectivity index (χ2v) is 10.8. The van der Waals surface area contributed by atoms with Gasteiger partial charge in [-0.3, -0.25) is 9.36 Å². The summed E-state index contributed by atoms with van der Waals surface area (Å²) in [5.74, 6) is 0.264. The van der Waals surface area contributed by atoms with E-state index in [1.54, 1.807) is 11.5 Å². The molecule has 1 saturated heterocycles. The highest BCUT2D eigenvalue weighted by atomic mass is 32.1. The van der Waals surface area contributed by atoms with Crippen molar-refractivity contribution in [1.82, 2.24) is 4.57 Å². The number of hydrogen-bond acceptors (Lipinski definition) is 7. The first-order valence-corrected chi connectivity index (χ1v) is 14.0. The monoisotopic (exact) mass is 531 g/mol. The summed E-state index contributed by atoms with van der Waals surface area (Å²) in [5, 5.41) is 0. The van der Waals surface area contributed by atoms with E-state index in [1.165, 1.54) is 29.9 Å². The van der Waals surface area contributed by atoms with Crippen LogP contribution in [0.5, 0.6) is 5.75 Å². The van der Waals surface area contributed by atoms with E-state index < -0.39 is 12.0 Å². The van der Waals surface area contributed by atoms with E-state index in [2.05, 4.69) is 22.0 Å². The van der Waals surface area contributed by atoms with Crippen LogP contribution in [-0.2, 0) is 9.53 Å². The number of nitrogens with zero attached hydrogens (tertiary/aromatic N) is 3. The molecule has 0 unspecified atom stereocenters. The number of thiazole rings is 1. The fourth-order valence-electron chi connectivity index (χ4n) is 5.00. The topological polar surface area (TPSA) is 73.1 Å². The first kappa shape index (κ1) is 26.0. The van der Waals surface area contributed by atoms with Crippen LogP contribution in [-0.4, -0.2) is 36.3 Å². The van der Waals surface area contributed by atoms with Crippen LogP contribution in [0.4, 0.5) is 5.69 Å². The fraction of sp³-hybridized carbons (Fsp3) is 0.367. The predicted octanol–water partition coefficient (Wildman–Crippen LogP) is 4.19. The molecule has 1 aromatic heterocycles. The molecule has 1 fully saturated rings. The molecule has 38 heavy (non-hydrogen) atoms. The summed E-state index contributed by atoms with van der Waals surface area (Å²) in [6, 6.07) is 15.2. The Balaban J connectivity index is 1.59. The number of aromatic nitrogens is 1. The number of ether oxygens (including phenoxy) is 2. The number of carbonyl (C=O) groups is 1. The second kappa shape index (κ2) is 11.0. The number of allylic oxidation sites excluding steroid dienone is 1. The molecule has 8 heteroatoms. The minimum atomic E-state index is -0.645. The maximum atomic E-state index is 13.8. The van der Waals surface area contributed by atoms with Crippen LogP contribution in [0, 0.1) is 0 Å². The van der Waals surface area contributed by atoms with Gasteiger partial charge < -0.3 is 14.4 Å². The maximum Gasteiger partial charge on any atom is 0.338 e. The van der Waals surface area contributed by atoms with E-state index in [4.69, 9.17) is 9.47 Å². The fourth-order valence-corrected chi connectivity index (χ4v) is 6.04. The molecule has 198 valence electrons. The molecule has 0 amide bonds. The number of rotatable bonds is 7. The van der Waals surface area contributed by atoms with Crippen LogP contribution in [0.25, 0.3) is 6.08 Å². The molecule has 0 N–H and O–H groups in total. The number of fused-ring (bicyclic) bond motifs is 1. The van der Waals surface area contributed by atoms with Crippen molar-refractivity contribution in [2.24, 2.45) is 4.99 Å². The molecular formula is C30H33N3O4S. The predicted molar refractivity (Wildman–Crippen MR) is 150 cm³/mol. The van der Waals surface area contributed by atoms with Crippen molar-refractivity contribution in [3.05, 3.63) is 90.6 Å². The summed E-state index contributed by atoms with van der Waals surface area (Å²) >= 11 is 1.33. The van der Waals surface area contributed by atoms with Gasteiger partial charge in [-0.25, -0.2) is 9.79 Å². The summed E-state index contributed by atoms with van der Waals surface area (Å²) in [6.45, 7) is 10.1. The van der Waals surface area contributed by atoms with E-state index >= 15 is 0 Å².